The van der Waals surface area contributed by atoms with Crippen LogP contribution in [0.15, 0.2) is 84.0 Å². The van der Waals surface area contributed by atoms with Crippen molar-refractivity contribution in [3.63, 3.8) is 0 Å². The summed E-state index contributed by atoms with van der Waals surface area (Å²) in [6.45, 7) is 2.67. The molecule has 7 nitrogen and oxygen atoms in total. The predicted molar refractivity (Wildman–Crippen MR) is 123 cm³/mol. The topological polar surface area (TPSA) is 89.0 Å². The molecule has 0 saturated heterocycles. The number of nitrogens with one attached hydrogen (secondary N) is 2. The van der Waals surface area contributed by atoms with Gasteiger partial charge in [-0.05, 0) is 48.9 Å². The van der Waals surface area contributed by atoms with Crippen molar-refractivity contribution >= 4 is 18.0 Å². The summed E-state index contributed by atoms with van der Waals surface area (Å²) >= 11 is 0. The zero-order chi connectivity index (χ0) is 22.6. The number of carbonyl (C=O) groups is 2. The Bertz CT molecular complexity index is 1050. The molecule has 0 atom stereocenters. The summed E-state index contributed by atoms with van der Waals surface area (Å²) in [4.78, 5) is 24.2. The lowest BCUT2D eigenvalue weighted by atomic mass is 10.2. The van der Waals surface area contributed by atoms with Gasteiger partial charge in [0, 0.05) is 11.1 Å². The van der Waals surface area contributed by atoms with Crippen LogP contribution < -0.4 is 20.2 Å². The Kier molecular flexibility index (Phi) is 8.39. The van der Waals surface area contributed by atoms with Gasteiger partial charge in [-0.1, -0.05) is 42.5 Å². The Morgan fingerprint density at radius 1 is 0.906 bits per heavy atom. The number of hydrogen-bond acceptors (Lipinski definition) is 5. The lowest BCUT2D eigenvalue weighted by Crippen LogP contribution is -2.34. The van der Waals surface area contributed by atoms with Crippen molar-refractivity contribution in [3.8, 4) is 11.5 Å². The molecule has 0 aliphatic heterocycles. The minimum atomic E-state index is -0.441. The third-order valence-electron chi connectivity index (χ3n) is 4.39. The lowest BCUT2D eigenvalue weighted by molar-refractivity contribution is -0.120. The van der Waals surface area contributed by atoms with E-state index in [0.29, 0.717) is 30.3 Å². The maximum absolute atomic E-state index is 12.2. The van der Waals surface area contributed by atoms with Crippen LogP contribution in [-0.2, 0) is 11.4 Å². The van der Waals surface area contributed by atoms with Crippen LogP contribution in [0.25, 0.3) is 0 Å². The number of carbonyl (C=O) groups excluding carboxylic acids is 2. The minimum absolute atomic E-state index is 0.199. The Labute approximate surface area is 187 Å². The van der Waals surface area contributed by atoms with E-state index in [2.05, 4.69) is 15.8 Å². The molecule has 0 unspecified atom stereocenters. The summed E-state index contributed by atoms with van der Waals surface area (Å²) in [5.41, 5.74) is 4.62. The summed E-state index contributed by atoms with van der Waals surface area (Å²) in [6.07, 6.45) is 1.51. The summed E-state index contributed by atoms with van der Waals surface area (Å²) in [6, 6.07) is 23.9. The fourth-order valence-corrected chi connectivity index (χ4v) is 2.80. The first-order valence-corrected chi connectivity index (χ1v) is 10.2. The minimum Gasteiger partial charge on any atom is -0.494 e. The largest absolute Gasteiger partial charge is 0.494 e. The Morgan fingerprint density at radius 2 is 1.62 bits per heavy atom. The first-order chi connectivity index (χ1) is 15.7. The number of ether oxygens (including phenoxy) is 2. The third-order valence-corrected chi connectivity index (χ3v) is 4.39. The van der Waals surface area contributed by atoms with Crippen molar-refractivity contribution in [3.05, 3.63) is 95.6 Å². The SMILES string of the molecule is CCOc1ccc(C(=O)NCC(=O)N/N=C/c2ccccc2OCc2ccccc2)cc1. The second-order valence-electron chi connectivity index (χ2n) is 6.75. The van der Waals surface area contributed by atoms with Gasteiger partial charge in [-0.15, -0.1) is 0 Å². The zero-order valence-corrected chi connectivity index (χ0v) is 17.8. The highest BCUT2D eigenvalue weighted by molar-refractivity contribution is 5.96. The van der Waals surface area contributed by atoms with E-state index in [1.54, 1.807) is 24.3 Å². The molecule has 3 aromatic rings. The van der Waals surface area contributed by atoms with Crippen LogP contribution in [0.5, 0.6) is 11.5 Å². The molecule has 3 aromatic carbocycles. The predicted octanol–water partition coefficient (Wildman–Crippen LogP) is 3.54. The molecule has 0 radical (unpaired) electrons. The number of para-hydroxylation sites is 1. The average Bonchev–Trinajstić information content (AvgIpc) is 2.83. The van der Waals surface area contributed by atoms with Crippen molar-refractivity contribution in [1.29, 1.82) is 0 Å². The molecule has 0 fully saturated rings. The molecule has 0 aromatic heterocycles. The van der Waals surface area contributed by atoms with Gasteiger partial charge in [0.2, 0.25) is 0 Å². The van der Waals surface area contributed by atoms with Crippen molar-refractivity contribution in [2.24, 2.45) is 5.10 Å². The average molecular weight is 431 g/mol. The van der Waals surface area contributed by atoms with E-state index < -0.39 is 5.91 Å². The highest BCUT2D eigenvalue weighted by Crippen LogP contribution is 2.17. The molecule has 32 heavy (non-hydrogen) atoms. The van der Waals surface area contributed by atoms with E-state index in [1.165, 1.54) is 6.21 Å². The number of rotatable bonds is 10. The standard InChI is InChI=1S/C25H25N3O4/c1-2-31-22-14-12-20(13-15-22)25(30)26-17-24(29)28-27-16-21-10-6-7-11-23(21)32-18-19-8-4-3-5-9-19/h3-16H,2,17-18H2,1H3,(H,26,30)(H,28,29)/b27-16+. The number of benzene rings is 3. The number of hydrazone groups is 1. The van der Waals surface area contributed by atoms with Crippen molar-refractivity contribution in [1.82, 2.24) is 10.7 Å². The highest BCUT2D eigenvalue weighted by atomic mass is 16.5. The van der Waals surface area contributed by atoms with Crippen LogP contribution in [0.3, 0.4) is 0 Å². The van der Waals surface area contributed by atoms with Crippen molar-refractivity contribution in [2.75, 3.05) is 13.2 Å². The van der Waals surface area contributed by atoms with Crippen LogP contribution in [0.2, 0.25) is 0 Å². The van der Waals surface area contributed by atoms with Gasteiger partial charge in [0.05, 0.1) is 19.4 Å². The summed E-state index contributed by atoms with van der Waals surface area (Å²) in [5.74, 6) is 0.539. The second kappa shape index (κ2) is 11.9. The van der Waals surface area contributed by atoms with Gasteiger partial charge >= 0.3 is 0 Å². The van der Waals surface area contributed by atoms with Gasteiger partial charge in [0.1, 0.15) is 18.1 Å². The fourth-order valence-electron chi connectivity index (χ4n) is 2.80. The summed E-state index contributed by atoms with van der Waals surface area (Å²) in [5, 5.41) is 6.53. The zero-order valence-electron chi connectivity index (χ0n) is 17.8. The van der Waals surface area contributed by atoms with Crippen molar-refractivity contribution < 1.29 is 19.1 Å². The van der Waals surface area contributed by atoms with Crippen LogP contribution in [0, 0.1) is 0 Å². The molecule has 0 aliphatic rings. The van der Waals surface area contributed by atoms with Gasteiger partial charge in [0.25, 0.3) is 11.8 Å². The normalized spacial score (nSPS) is 10.5. The molecule has 0 bridgehead atoms. The molecule has 0 aliphatic carbocycles. The van der Waals surface area contributed by atoms with E-state index in [9.17, 15) is 9.59 Å². The molecule has 3 rings (SSSR count). The third kappa shape index (κ3) is 6.98. The number of nitrogens with zero attached hydrogens (tertiary/aromatic N) is 1. The first kappa shape index (κ1) is 22.6. The number of hydrogen-bond donors (Lipinski definition) is 2. The quantitative estimate of drug-likeness (QED) is 0.380. The van der Waals surface area contributed by atoms with Gasteiger partial charge in [-0.25, -0.2) is 5.43 Å². The first-order valence-electron chi connectivity index (χ1n) is 10.2. The fraction of sp³-hybridized carbons (Fsp3) is 0.160. The smallest absolute Gasteiger partial charge is 0.259 e. The number of amides is 2. The summed E-state index contributed by atoms with van der Waals surface area (Å²) in [7, 11) is 0. The van der Waals surface area contributed by atoms with E-state index in [-0.39, 0.29) is 12.5 Å². The maximum atomic E-state index is 12.2. The Hall–Kier alpha value is -4.13. The van der Waals surface area contributed by atoms with Crippen LogP contribution in [-0.4, -0.2) is 31.2 Å². The van der Waals surface area contributed by atoms with Gasteiger partial charge < -0.3 is 14.8 Å². The van der Waals surface area contributed by atoms with Gasteiger partial charge in [0.15, 0.2) is 0 Å². The summed E-state index contributed by atoms with van der Waals surface area (Å²) < 4.78 is 11.2. The van der Waals surface area contributed by atoms with Gasteiger partial charge in [-0.3, -0.25) is 9.59 Å². The molecular weight excluding hydrogens is 406 g/mol. The van der Waals surface area contributed by atoms with E-state index in [1.807, 2.05) is 61.5 Å². The Morgan fingerprint density at radius 3 is 2.38 bits per heavy atom. The molecule has 0 saturated carbocycles. The van der Waals surface area contributed by atoms with E-state index in [0.717, 1.165) is 11.1 Å². The highest BCUT2D eigenvalue weighted by Gasteiger charge is 2.08. The molecule has 2 amide bonds. The van der Waals surface area contributed by atoms with Crippen molar-refractivity contribution in [2.45, 2.75) is 13.5 Å². The maximum Gasteiger partial charge on any atom is 0.259 e. The van der Waals surface area contributed by atoms with E-state index in [4.69, 9.17) is 9.47 Å². The molecule has 0 spiro atoms. The second-order valence-corrected chi connectivity index (χ2v) is 6.75. The van der Waals surface area contributed by atoms with E-state index >= 15 is 0 Å². The van der Waals surface area contributed by atoms with Crippen LogP contribution in [0.1, 0.15) is 28.4 Å². The van der Waals surface area contributed by atoms with Crippen LogP contribution >= 0.6 is 0 Å². The molecule has 7 heteroatoms. The molecule has 2 N–H and O–H groups in total. The van der Waals surface area contributed by atoms with Crippen LogP contribution in [0.4, 0.5) is 0 Å². The van der Waals surface area contributed by atoms with Gasteiger partial charge in [-0.2, -0.15) is 5.10 Å². The lowest BCUT2D eigenvalue weighted by Gasteiger charge is -2.09. The molecule has 164 valence electrons. The molecular formula is C25H25N3O4. The Balaban J connectivity index is 1.47. The molecule has 0 heterocycles. The monoisotopic (exact) mass is 431 g/mol.